The number of carbonyl (C=O) groups excluding carboxylic acids is 3. The van der Waals surface area contributed by atoms with Crippen molar-refractivity contribution in [1.82, 2.24) is 0 Å². The fraction of sp³-hybridized carbons (Fsp3) is 0.455. The lowest BCUT2D eigenvalue weighted by molar-refractivity contribution is -0.146. The molecule has 1 aliphatic rings. The zero-order chi connectivity index (χ0) is 22.4. The Balaban J connectivity index is 2.33. The molecule has 2 rings (SSSR count). The number of benzene rings is 1. The van der Waals surface area contributed by atoms with Gasteiger partial charge in [-0.3, -0.25) is 9.59 Å². The van der Waals surface area contributed by atoms with Crippen LogP contribution in [0.3, 0.4) is 0 Å². The lowest BCUT2D eigenvalue weighted by Crippen LogP contribution is -2.34. The second-order valence-corrected chi connectivity index (χ2v) is 7.69. The minimum Gasteiger partial charge on any atom is -0.481 e. The van der Waals surface area contributed by atoms with Crippen LogP contribution in [0.4, 0.5) is 5.69 Å². The summed E-state index contributed by atoms with van der Waals surface area (Å²) >= 11 is 0. The van der Waals surface area contributed by atoms with Gasteiger partial charge >= 0.3 is 17.9 Å². The summed E-state index contributed by atoms with van der Waals surface area (Å²) in [4.78, 5) is 49.0. The average molecular weight is 417 g/mol. The monoisotopic (exact) mass is 417 g/mol. The van der Waals surface area contributed by atoms with Gasteiger partial charge in [0, 0.05) is 5.69 Å². The van der Waals surface area contributed by atoms with Gasteiger partial charge in [0.25, 0.3) is 0 Å². The number of carboxylic acid groups (broad SMARTS) is 1. The van der Waals surface area contributed by atoms with Crippen molar-refractivity contribution in [1.29, 1.82) is 0 Å². The van der Waals surface area contributed by atoms with Crippen molar-refractivity contribution in [2.75, 3.05) is 5.32 Å². The zero-order valence-electron chi connectivity index (χ0n) is 17.5. The van der Waals surface area contributed by atoms with E-state index < -0.39 is 35.7 Å². The Kier molecular flexibility index (Phi) is 7.74. The SMILES string of the molecule is CC(C)OC(=O)c1cc(NC(=O)[C@H]2CC=CC[C@@H]2C(=O)O)cc(C(=O)OC(C)C)c1. The number of nitrogens with one attached hydrogen (secondary N) is 1. The van der Waals surface area contributed by atoms with Gasteiger partial charge < -0.3 is 19.9 Å². The number of carbonyl (C=O) groups is 4. The second-order valence-electron chi connectivity index (χ2n) is 7.69. The van der Waals surface area contributed by atoms with E-state index in [4.69, 9.17) is 9.47 Å². The summed E-state index contributed by atoms with van der Waals surface area (Å²) in [7, 11) is 0. The van der Waals surface area contributed by atoms with Crippen LogP contribution in [0.25, 0.3) is 0 Å². The maximum absolute atomic E-state index is 12.8. The van der Waals surface area contributed by atoms with E-state index in [9.17, 15) is 24.3 Å². The highest BCUT2D eigenvalue weighted by molar-refractivity contribution is 6.00. The molecule has 0 heterocycles. The third-order valence-corrected chi connectivity index (χ3v) is 4.44. The van der Waals surface area contributed by atoms with Gasteiger partial charge in [-0.05, 0) is 58.7 Å². The first kappa shape index (κ1) is 23.1. The fourth-order valence-electron chi connectivity index (χ4n) is 3.11. The molecular weight excluding hydrogens is 390 g/mol. The van der Waals surface area contributed by atoms with Crippen molar-refractivity contribution >= 4 is 29.5 Å². The summed E-state index contributed by atoms with van der Waals surface area (Å²) in [6.07, 6.45) is 3.33. The first-order valence-electron chi connectivity index (χ1n) is 9.84. The molecule has 0 spiro atoms. The Morgan fingerprint density at radius 2 is 1.33 bits per heavy atom. The number of allylic oxidation sites excluding steroid dienone is 2. The second kappa shape index (κ2) is 10.0. The standard InChI is InChI=1S/C22H27NO7/c1-12(2)29-21(27)14-9-15(22(28)30-13(3)4)11-16(10-14)23-19(24)17-7-5-6-8-18(17)20(25)26/h5-6,9-13,17-18H,7-8H2,1-4H3,(H,23,24)(H,25,26)/t17-,18-/m0/s1. The van der Waals surface area contributed by atoms with Crippen LogP contribution in [0.1, 0.15) is 61.3 Å². The molecule has 1 amide bonds. The Labute approximate surface area is 175 Å². The van der Waals surface area contributed by atoms with Gasteiger partial charge in [0.2, 0.25) is 5.91 Å². The van der Waals surface area contributed by atoms with Crippen LogP contribution >= 0.6 is 0 Å². The summed E-state index contributed by atoms with van der Waals surface area (Å²) in [6, 6.07) is 4.13. The van der Waals surface area contributed by atoms with Gasteiger partial charge in [0.05, 0.1) is 35.2 Å². The van der Waals surface area contributed by atoms with E-state index in [-0.39, 0.29) is 35.4 Å². The molecule has 0 fully saturated rings. The van der Waals surface area contributed by atoms with Crippen LogP contribution in [-0.2, 0) is 19.1 Å². The summed E-state index contributed by atoms with van der Waals surface area (Å²) in [5.74, 6) is -4.44. The molecule has 8 nitrogen and oxygen atoms in total. The topological polar surface area (TPSA) is 119 Å². The van der Waals surface area contributed by atoms with Crippen LogP contribution in [0.2, 0.25) is 0 Å². The number of carboxylic acids is 1. The van der Waals surface area contributed by atoms with E-state index in [1.807, 2.05) is 0 Å². The Morgan fingerprint density at radius 1 is 0.867 bits per heavy atom. The Hall–Kier alpha value is -3.16. The van der Waals surface area contributed by atoms with Crippen molar-refractivity contribution in [2.24, 2.45) is 11.8 Å². The average Bonchev–Trinajstić information content (AvgIpc) is 2.66. The molecule has 0 unspecified atom stereocenters. The molecule has 0 radical (unpaired) electrons. The first-order chi connectivity index (χ1) is 14.1. The van der Waals surface area contributed by atoms with Gasteiger partial charge in [0.15, 0.2) is 0 Å². The number of esters is 2. The van der Waals surface area contributed by atoms with Crippen LogP contribution in [0.15, 0.2) is 30.4 Å². The van der Waals surface area contributed by atoms with Gasteiger partial charge in [0.1, 0.15) is 0 Å². The van der Waals surface area contributed by atoms with E-state index in [0.717, 1.165) is 0 Å². The number of aliphatic carboxylic acids is 1. The predicted octanol–water partition coefficient (Wildman–Crippen LogP) is 3.42. The largest absolute Gasteiger partial charge is 0.481 e. The number of hydrogen-bond acceptors (Lipinski definition) is 6. The molecule has 0 aliphatic heterocycles. The number of hydrogen-bond donors (Lipinski definition) is 2. The highest BCUT2D eigenvalue weighted by Crippen LogP contribution is 2.28. The molecule has 30 heavy (non-hydrogen) atoms. The van der Waals surface area contributed by atoms with Crippen molar-refractivity contribution in [3.8, 4) is 0 Å². The molecule has 0 bridgehead atoms. The van der Waals surface area contributed by atoms with Crippen molar-refractivity contribution in [3.05, 3.63) is 41.5 Å². The molecule has 0 saturated carbocycles. The Bertz CT molecular complexity index is 817. The molecule has 0 saturated heterocycles. The lowest BCUT2D eigenvalue weighted by atomic mass is 9.82. The minimum absolute atomic E-state index is 0.0792. The maximum atomic E-state index is 12.8. The number of anilines is 1. The van der Waals surface area contributed by atoms with Gasteiger partial charge in [-0.1, -0.05) is 12.2 Å². The van der Waals surface area contributed by atoms with Crippen molar-refractivity contribution in [2.45, 2.75) is 52.7 Å². The summed E-state index contributed by atoms with van der Waals surface area (Å²) in [6.45, 7) is 6.78. The van der Waals surface area contributed by atoms with Gasteiger partial charge in [-0.2, -0.15) is 0 Å². The molecule has 8 heteroatoms. The molecule has 1 aromatic rings. The van der Waals surface area contributed by atoms with Crippen LogP contribution in [0.5, 0.6) is 0 Å². The van der Waals surface area contributed by atoms with E-state index in [1.165, 1.54) is 18.2 Å². The molecular formula is C22H27NO7. The summed E-state index contributed by atoms with van der Waals surface area (Å²) < 4.78 is 10.4. The van der Waals surface area contributed by atoms with Crippen LogP contribution in [-0.4, -0.2) is 41.1 Å². The summed E-state index contributed by atoms with van der Waals surface area (Å²) in [5.41, 5.74) is 0.346. The third kappa shape index (κ3) is 6.17. The molecule has 0 aromatic heterocycles. The first-order valence-corrected chi connectivity index (χ1v) is 9.84. The van der Waals surface area contributed by atoms with Crippen molar-refractivity contribution < 1.29 is 33.8 Å². The number of amides is 1. The van der Waals surface area contributed by atoms with Gasteiger partial charge in [-0.25, -0.2) is 9.59 Å². The summed E-state index contributed by atoms with van der Waals surface area (Å²) in [5, 5.41) is 12.0. The quantitative estimate of drug-likeness (QED) is 0.515. The van der Waals surface area contributed by atoms with Crippen LogP contribution in [0, 0.1) is 11.8 Å². The van der Waals surface area contributed by atoms with Crippen LogP contribution < -0.4 is 5.32 Å². The van der Waals surface area contributed by atoms with Crippen molar-refractivity contribution in [3.63, 3.8) is 0 Å². The molecule has 1 aromatic carbocycles. The molecule has 1 aliphatic carbocycles. The van der Waals surface area contributed by atoms with E-state index in [1.54, 1.807) is 39.8 Å². The smallest absolute Gasteiger partial charge is 0.338 e. The highest BCUT2D eigenvalue weighted by atomic mass is 16.5. The molecule has 162 valence electrons. The zero-order valence-corrected chi connectivity index (χ0v) is 17.5. The molecule has 2 atom stereocenters. The van der Waals surface area contributed by atoms with E-state index in [2.05, 4.69) is 5.32 Å². The minimum atomic E-state index is -1.05. The predicted molar refractivity (Wildman–Crippen MR) is 109 cm³/mol. The Morgan fingerprint density at radius 3 is 1.77 bits per heavy atom. The molecule has 2 N–H and O–H groups in total. The fourth-order valence-corrected chi connectivity index (χ4v) is 3.11. The number of rotatable bonds is 7. The highest BCUT2D eigenvalue weighted by Gasteiger charge is 2.34. The number of ether oxygens (including phenoxy) is 2. The normalized spacial score (nSPS) is 18.2. The third-order valence-electron chi connectivity index (χ3n) is 4.44. The lowest BCUT2D eigenvalue weighted by Gasteiger charge is -2.24. The maximum Gasteiger partial charge on any atom is 0.338 e. The van der Waals surface area contributed by atoms with Gasteiger partial charge in [-0.15, -0.1) is 0 Å². The van der Waals surface area contributed by atoms with E-state index >= 15 is 0 Å². The van der Waals surface area contributed by atoms with E-state index in [0.29, 0.717) is 6.42 Å².